The average molecular weight is 222 g/mol. The van der Waals surface area contributed by atoms with Crippen LogP contribution in [0, 0.1) is 11.8 Å². The Bertz CT molecular complexity index is 360. The standard InChI is InChI=1S/C12H22N4/c1-9-4-5-12(13,10(2)6-9)7-11-8-16(3)15-14-11/h8-10H,4-7,13H2,1-3H3. The lowest BCUT2D eigenvalue weighted by Crippen LogP contribution is -2.51. The summed E-state index contributed by atoms with van der Waals surface area (Å²) in [5, 5.41) is 8.11. The molecule has 3 unspecified atom stereocenters. The molecule has 1 saturated carbocycles. The lowest BCUT2D eigenvalue weighted by Gasteiger charge is -2.41. The molecule has 0 radical (unpaired) electrons. The van der Waals surface area contributed by atoms with Crippen molar-refractivity contribution in [1.82, 2.24) is 15.0 Å². The highest BCUT2D eigenvalue weighted by atomic mass is 15.4. The van der Waals surface area contributed by atoms with E-state index in [0.717, 1.165) is 24.5 Å². The monoisotopic (exact) mass is 222 g/mol. The minimum atomic E-state index is -0.0808. The summed E-state index contributed by atoms with van der Waals surface area (Å²) >= 11 is 0. The van der Waals surface area contributed by atoms with Gasteiger partial charge in [-0.2, -0.15) is 0 Å². The topological polar surface area (TPSA) is 56.7 Å². The first-order valence-corrected chi connectivity index (χ1v) is 6.14. The zero-order valence-electron chi connectivity index (χ0n) is 10.5. The first-order valence-electron chi connectivity index (χ1n) is 6.14. The Morgan fingerprint density at radius 1 is 1.56 bits per heavy atom. The predicted molar refractivity (Wildman–Crippen MR) is 63.8 cm³/mol. The molecule has 1 aliphatic rings. The Balaban J connectivity index is 2.07. The second kappa shape index (κ2) is 4.17. The normalized spacial score (nSPS) is 35.2. The Morgan fingerprint density at radius 2 is 2.31 bits per heavy atom. The number of nitrogens with zero attached hydrogens (tertiary/aromatic N) is 3. The molecule has 0 aromatic carbocycles. The van der Waals surface area contributed by atoms with E-state index in [-0.39, 0.29) is 5.54 Å². The van der Waals surface area contributed by atoms with Gasteiger partial charge in [0.05, 0.1) is 5.69 Å². The third kappa shape index (κ3) is 2.26. The van der Waals surface area contributed by atoms with Crippen molar-refractivity contribution in [3.8, 4) is 0 Å². The molecule has 2 rings (SSSR count). The lowest BCUT2D eigenvalue weighted by molar-refractivity contribution is 0.162. The van der Waals surface area contributed by atoms with Crippen LogP contribution in [0.3, 0.4) is 0 Å². The van der Waals surface area contributed by atoms with Gasteiger partial charge >= 0.3 is 0 Å². The molecule has 4 heteroatoms. The van der Waals surface area contributed by atoms with Crippen LogP contribution < -0.4 is 5.73 Å². The number of aromatic nitrogens is 3. The Morgan fingerprint density at radius 3 is 2.88 bits per heavy atom. The Labute approximate surface area is 97.2 Å². The van der Waals surface area contributed by atoms with Crippen molar-refractivity contribution < 1.29 is 0 Å². The third-order valence-corrected chi connectivity index (χ3v) is 4.00. The quantitative estimate of drug-likeness (QED) is 0.825. The first-order chi connectivity index (χ1) is 7.49. The van der Waals surface area contributed by atoms with Crippen LogP contribution in [0.1, 0.15) is 38.8 Å². The summed E-state index contributed by atoms with van der Waals surface area (Å²) in [4.78, 5) is 0. The number of rotatable bonds is 2. The van der Waals surface area contributed by atoms with E-state index in [1.807, 2.05) is 13.2 Å². The van der Waals surface area contributed by atoms with E-state index in [0.29, 0.717) is 5.92 Å². The summed E-state index contributed by atoms with van der Waals surface area (Å²) in [6.45, 7) is 4.59. The molecule has 1 aliphatic carbocycles. The van der Waals surface area contributed by atoms with Crippen LogP contribution in [-0.2, 0) is 13.5 Å². The molecule has 1 heterocycles. The van der Waals surface area contributed by atoms with Gasteiger partial charge in [0.15, 0.2) is 0 Å². The van der Waals surface area contributed by atoms with Gasteiger partial charge in [-0.1, -0.05) is 19.1 Å². The van der Waals surface area contributed by atoms with Gasteiger partial charge < -0.3 is 5.73 Å². The van der Waals surface area contributed by atoms with Crippen molar-refractivity contribution in [2.24, 2.45) is 24.6 Å². The van der Waals surface area contributed by atoms with E-state index in [2.05, 4.69) is 24.2 Å². The summed E-state index contributed by atoms with van der Waals surface area (Å²) in [5.74, 6) is 1.38. The molecule has 0 amide bonds. The molecule has 0 aliphatic heterocycles. The van der Waals surface area contributed by atoms with Crippen LogP contribution in [-0.4, -0.2) is 20.5 Å². The zero-order chi connectivity index (χ0) is 11.8. The Kier molecular flexibility index (Phi) is 3.02. The molecule has 2 N–H and O–H groups in total. The second-order valence-corrected chi connectivity index (χ2v) is 5.57. The summed E-state index contributed by atoms with van der Waals surface area (Å²) in [7, 11) is 1.89. The van der Waals surface area contributed by atoms with Gasteiger partial charge in [0.2, 0.25) is 0 Å². The fraction of sp³-hybridized carbons (Fsp3) is 0.833. The maximum absolute atomic E-state index is 6.53. The van der Waals surface area contributed by atoms with Crippen molar-refractivity contribution in [2.45, 2.75) is 45.1 Å². The molecule has 0 saturated heterocycles. The zero-order valence-corrected chi connectivity index (χ0v) is 10.5. The van der Waals surface area contributed by atoms with E-state index in [9.17, 15) is 0 Å². The van der Waals surface area contributed by atoms with Crippen LogP contribution in [0.4, 0.5) is 0 Å². The number of hydrogen-bond acceptors (Lipinski definition) is 3. The maximum Gasteiger partial charge on any atom is 0.0845 e. The van der Waals surface area contributed by atoms with Crippen LogP contribution >= 0.6 is 0 Å². The van der Waals surface area contributed by atoms with Crippen molar-refractivity contribution in [3.05, 3.63) is 11.9 Å². The molecule has 16 heavy (non-hydrogen) atoms. The molecule has 0 bridgehead atoms. The highest BCUT2D eigenvalue weighted by molar-refractivity contribution is 5.05. The number of hydrogen-bond donors (Lipinski definition) is 1. The van der Waals surface area contributed by atoms with Crippen molar-refractivity contribution in [1.29, 1.82) is 0 Å². The third-order valence-electron chi connectivity index (χ3n) is 4.00. The number of aryl methyl sites for hydroxylation is 1. The highest BCUT2D eigenvalue weighted by Crippen LogP contribution is 2.36. The lowest BCUT2D eigenvalue weighted by atomic mass is 9.68. The maximum atomic E-state index is 6.53. The van der Waals surface area contributed by atoms with Gasteiger partial charge in [0.25, 0.3) is 0 Å². The van der Waals surface area contributed by atoms with Crippen molar-refractivity contribution in [2.75, 3.05) is 0 Å². The molecule has 1 aromatic rings. The molecular weight excluding hydrogens is 200 g/mol. The van der Waals surface area contributed by atoms with Gasteiger partial charge in [-0.3, -0.25) is 4.68 Å². The molecule has 0 spiro atoms. The second-order valence-electron chi connectivity index (χ2n) is 5.57. The van der Waals surface area contributed by atoms with E-state index < -0.39 is 0 Å². The van der Waals surface area contributed by atoms with Crippen LogP contribution in [0.2, 0.25) is 0 Å². The summed E-state index contributed by atoms with van der Waals surface area (Å²) < 4.78 is 1.74. The highest BCUT2D eigenvalue weighted by Gasteiger charge is 2.37. The molecule has 1 aromatic heterocycles. The largest absolute Gasteiger partial charge is 0.325 e. The molecule has 90 valence electrons. The minimum absolute atomic E-state index is 0.0808. The predicted octanol–water partition coefficient (Wildman–Crippen LogP) is 1.51. The Hall–Kier alpha value is -0.900. The summed E-state index contributed by atoms with van der Waals surface area (Å²) in [5.41, 5.74) is 7.47. The van der Waals surface area contributed by atoms with Crippen LogP contribution in [0.15, 0.2) is 6.20 Å². The molecular formula is C12H22N4. The molecule has 4 nitrogen and oxygen atoms in total. The van der Waals surface area contributed by atoms with Gasteiger partial charge in [-0.25, -0.2) is 0 Å². The van der Waals surface area contributed by atoms with Crippen molar-refractivity contribution >= 4 is 0 Å². The minimum Gasteiger partial charge on any atom is -0.325 e. The van der Waals surface area contributed by atoms with Gasteiger partial charge in [-0.05, 0) is 31.1 Å². The van der Waals surface area contributed by atoms with Gasteiger partial charge in [0, 0.05) is 25.2 Å². The van der Waals surface area contributed by atoms with Crippen LogP contribution in [0.5, 0.6) is 0 Å². The average Bonchev–Trinajstić information content (AvgIpc) is 2.59. The number of nitrogens with two attached hydrogens (primary N) is 1. The molecule has 1 fully saturated rings. The molecule has 3 atom stereocenters. The van der Waals surface area contributed by atoms with Crippen molar-refractivity contribution in [3.63, 3.8) is 0 Å². The van der Waals surface area contributed by atoms with Gasteiger partial charge in [-0.15, -0.1) is 5.10 Å². The van der Waals surface area contributed by atoms with E-state index in [1.165, 1.54) is 12.8 Å². The first kappa shape index (κ1) is 11.6. The fourth-order valence-corrected chi connectivity index (χ4v) is 2.79. The van der Waals surface area contributed by atoms with Gasteiger partial charge in [0.1, 0.15) is 0 Å². The SMILES string of the molecule is CC1CCC(N)(Cc2cn(C)nn2)C(C)C1. The van der Waals surface area contributed by atoms with E-state index in [1.54, 1.807) is 4.68 Å². The smallest absolute Gasteiger partial charge is 0.0845 e. The van der Waals surface area contributed by atoms with E-state index in [4.69, 9.17) is 5.73 Å². The fourth-order valence-electron chi connectivity index (χ4n) is 2.79. The summed E-state index contributed by atoms with van der Waals surface area (Å²) in [6.07, 6.45) is 6.40. The van der Waals surface area contributed by atoms with Crippen LogP contribution in [0.25, 0.3) is 0 Å². The summed E-state index contributed by atoms with van der Waals surface area (Å²) in [6, 6.07) is 0. The van der Waals surface area contributed by atoms with E-state index >= 15 is 0 Å².